The van der Waals surface area contributed by atoms with Crippen LogP contribution in [0.5, 0.6) is 5.75 Å². The summed E-state index contributed by atoms with van der Waals surface area (Å²) in [5, 5.41) is 0. The summed E-state index contributed by atoms with van der Waals surface area (Å²) in [6.07, 6.45) is -3.94. The molecular formula is C16H21F3N2O2. The molecule has 1 saturated heterocycles. The van der Waals surface area contributed by atoms with Gasteiger partial charge in [0.2, 0.25) is 5.91 Å². The number of nitrogens with zero attached hydrogens (tertiary/aromatic N) is 1. The SMILES string of the molecule is COc1ccccc1CCC(=O)N1C[C@@H](N)CC[C@@H]1C(F)(F)F. The number of likely N-dealkylation sites (tertiary alicyclic amines) is 1. The van der Waals surface area contributed by atoms with Gasteiger partial charge in [0.25, 0.3) is 0 Å². The van der Waals surface area contributed by atoms with Crippen LogP contribution in [-0.4, -0.2) is 42.7 Å². The van der Waals surface area contributed by atoms with Crippen molar-refractivity contribution in [3.63, 3.8) is 0 Å². The minimum atomic E-state index is -4.42. The summed E-state index contributed by atoms with van der Waals surface area (Å²) in [4.78, 5) is 13.2. The second kappa shape index (κ2) is 7.21. The number of halogens is 3. The van der Waals surface area contributed by atoms with Gasteiger partial charge >= 0.3 is 6.18 Å². The topological polar surface area (TPSA) is 55.6 Å². The highest BCUT2D eigenvalue weighted by molar-refractivity contribution is 5.77. The van der Waals surface area contributed by atoms with E-state index in [1.807, 2.05) is 0 Å². The number of rotatable bonds is 4. The third-order valence-electron chi connectivity index (χ3n) is 4.12. The highest BCUT2D eigenvalue weighted by Gasteiger charge is 2.47. The van der Waals surface area contributed by atoms with Crippen LogP contribution in [0.2, 0.25) is 0 Å². The molecule has 1 heterocycles. The number of hydrogen-bond donors (Lipinski definition) is 1. The third kappa shape index (κ3) is 4.37. The molecule has 0 aliphatic carbocycles. The fourth-order valence-corrected chi connectivity index (χ4v) is 2.91. The summed E-state index contributed by atoms with van der Waals surface area (Å²) >= 11 is 0. The molecule has 0 saturated carbocycles. The Hall–Kier alpha value is -1.76. The highest BCUT2D eigenvalue weighted by Crippen LogP contribution is 2.32. The molecule has 1 aliphatic heterocycles. The summed E-state index contributed by atoms with van der Waals surface area (Å²) < 4.78 is 44.5. The number of amides is 1. The Bertz CT molecular complexity index is 548. The van der Waals surface area contributed by atoms with Crippen LogP contribution >= 0.6 is 0 Å². The minimum Gasteiger partial charge on any atom is -0.496 e. The van der Waals surface area contributed by atoms with Crippen LogP contribution in [-0.2, 0) is 11.2 Å². The van der Waals surface area contributed by atoms with E-state index in [0.717, 1.165) is 10.5 Å². The van der Waals surface area contributed by atoms with Gasteiger partial charge in [-0.2, -0.15) is 13.2 Å². The van der Waals surface area contributed by atoms with E-state index < -0.39 is 24.2 Å². The third-order valence-corrected chi connectivity index (χ3v) is 4.12. The average molecular weight is 330 g/mol. The predicted octanol–water partition coefficient (Wildman–Crippen LogP) is 2.51. The quantitative estimate of drug-likeness (QED) is 0.923. The number of nitrogens with two attached hydrogens (primary N) is 1. The summed E-state index contributed by atoms with van der Waals surface area (Å²) in [6, 6.07) is 5.03. The van der Waals surface area contributed by atoms with E-state index >= 15 is 0 Å². The maximum atomic E-state index is 13.1. The van der Waals surface area contributed by atoms with Crippen LogP contribution in [0.3, 0.4) is 0 Å². The van der Waals surface area contributed by atoms with Crippen molar-refractivity contribution in [1.82, 2.24) is 4.90 Å². The van der Waals surface area contributed by atoms with Gasteiger partial charge in [0.1, 0.15) is 11.8 Å². The smallest absolute Gasteiger partial charge is 0.408 e. The average Bonchev–Trinajstić information content (AvgIpc) is 2.51. The molecule has 2 rings (SSSR count). The van der Waals surface area contributed by atoms with Crippen LogP contribution in [0.25, 0.3) is 0 Å². The number of carbonyl (C=O) groups excluding carboxylic acids is 1. The lowest BCUT2D eigenvalue weighted by atomic mass is 9.97. The van der Waals surface area contributed by atoms with Gasteiger partial charge < -0.3 is 15.4 Å². The molecule has 0 radical (unpaired) electrons. The van der Waals surface area contributed by atoms with Crippen LogP contribution < -0.4 is 10.5 Å². The summed E-state index contributed by atoms with van der Waals surface area (Å²) in [7, 11) is 1.52. The second-order valence-electron chi connectivity index (χ2n) is 5.75. The van der Waals surface area contributed by atoms with Crippen LogP contribution in [0.15, 0.2) is 24.3 Å². The molecule has 1 amide bonds. The van der Waals surface area contributed by atoms with Gasteiger partial charge in [0.05, 0.1) is 7.11 Å². The zero-order chi connectivity index (χ0) is 17.0. The van der Waals surface area contributed by atoms with Crippen molar-refractivity contribution >= 4 is 5.91 Å². The van der Waals surface area contributed by atoms with Gasteiger partial charge in [-0.05, 0) is 30.9 Å². The van der Waals surface area contributed by atoms with Crippen molar-refractivity contribution < 1.29 is 22.7 Å². The Kier molecular flexibility index (Phi) is 5.51. The number of para-hydroxylation sites is 1. The Morgan fingerprint density at radius 3 is 2.70 bits per heavy atom. The zero-order valence-electron chi connectivity index (χ0n) is 13.0. The van der Waals surface area contributed by atoms with Gasteiger partial charge in [-0.15, -0.1) is 0 Å². The Morgan fingerprint density at radius 2 is 2.04 bits per heavy atom. The normalized spacial score (nSPS) is 22.0. The van der Waals surface area contributed by atoms with E-state index in [9.17, 15) is 18.0 Å². The first-order valence-electron chi connectivity index (χ1n) is 7.56. The van der Waals surface area contributed by atoms with E-state index in [-0.39, 0.29) is 25.8 Å². The number of benzene rings is 1. The second-order valence-corrected chi connectivity index (χ2v) is 5.75. The summed E-state index contributed by atoms with van der Waals surface area (Å²) in [5.74, 6) is 0.108. The first kappa shape index (κ1) is 17.6. The molecule has 23 heavy (non-hydrogen) atoms. The minimum absolute atomic E-state index is 0.000324. The zero-order valence-corrected chi connectivity index (χ0v) is 13.0. The molecular weight excluding hydrogens is 309 g/mol. The molecule has 128 valence electrons. The molecule has 1 aromatic carbocycles. The molecule has 0 aromatic heterocycles. The maximum Gasteiger partial charge on any atom is 0.408 e. The van der Waals surface area contributed by atoms with E-state index in [2.05, 4.69) is 0 Å². The van der Waals surface area contributed by atoms with Crippen LogP contribution in [0.1, 0.15) is 24.8 Å². The Labute approximate surface area is 133 Å². The lowest BCUT2D eigenvalue weighted by molar-refractivity contribution is -0.196. The molecule has 1 aromatic rings. The maximum absolute atomic E-state index is 13.1. The monoisotopic (exact) mass is 330 g/mol. The van der Waals surface area contributed by atoms with E-state index in [0.29, 0.717) is 12.2 Å². The fraction of sp³-hybridized carbons (Fsp3) is 0.562. The van der Waals surface area contributed by atoms with Crippen molar-refractivity contribution in [1.29, 1.82) is 0 Å². The van der Waals surface area contributed by atoms with Gasteiger partial charge in [-0.1, -0.05) is 18.2 Å². The van der Waals surface area contributed by atoms with Gasteiger partial charge in [-0.25, -0.2) is 0 Å². The van der Waals surface area contributed by atoms with Gasteiger partial charge in [-0.3, -0.25) is 4.79 Å². The molecule has 0 bridgehead atoms. The van der Waals surface area contributed by atoms with Crippen molar-refractivity contribution in [3.05, 3.63) is 29.8 Å². The summed E-state index contributed by atoms with van der Waals surface area (Å²) in [6.45, 7) is -0.0467. The lowest BCUT2D eigenvalue weighted by Crippen LogP contribution is -2.56. The van der Waals surface area contributed by atoms with Crippen molar-refractivity contribution in [2.75, 3.05) is 13.7 Å². The number of piperidine rings is 1. The first-order valence-corrected chi connectivity index (χ1v) is 7.56. The number of methoxy groups -OCH3 is 1. The van der Waals surface area contributed by atoms with E-state index in [4.69, 9.17) is 10.5 Å². The van der Waals surface area contributed by atoms with E-state index in [1.54, 1.807) is 24.3 Å². The van der Waals surface area contributed by atoms with Gasteiger partial charge in [0.15, 0.2) is 0 Å². The van der Waals surface area contributed by atoms with Gasteiger partial charge in [0, 0.05) is 19.0 Å². The van der Waals surface area contributed by atoms with E-state index in [1.165, 1.54) is 7.11 Å². The van der Waals surface area contributed by atoms with Crippen molar-refractivity contribution in [2.24, 2.45) is 5.73 Å². The summed E-state index contributed by atoms with van der Waals surface area (Å²) in [5.41, 5.74) is 6.54. The highest BCUT2D eigenvalue weighted by atomic mass is 19.4. The molecule has 2 atom stereocenters. The lowest BCUT2D eigenvalue weighted by Gasteiger charge is -2.39. The number of ether oxygens (including phenoxy) is 1. The predicted molar refractivity (Wildman–Crippen MR) is 80.1 cm³/mol. The molecule has 0 spiro atoms. The number of aryl methyl sites for hydroxylation is 1. The van der Waals surface area contributed by atoms with Crippen LogP contribution in [0.4, 0.5) is 13.2 Å². The van der Waals surface area contributed by atoms with Crippen molar-refractivity contribution in [2.45, 2.75) is 43.9 Å². The Balaban J connectivity index is 2.05. The standard InChI is InChI=1S/C16H21F3N2O2/c1-23-13-5-3-2-4-11(13)6-9-15(22)21-10-12(20)7-8-14(21)16(17,18)19/h2-5,12,14H,6-10,20H2,1H3/t12-,14+/m0/s1. The molecule has 0 unspecified atom stereocenters. The number of alkyl halides is 3. The Morgan fingerprint density at radius 1 is 1.35 bits per heavy atom. The molecule has 1 aliphatic rings. The molecule has 4 nitrogen and oxygen atoms in total. The fourth-order valence-electron chi connectivity index (χ4n) is 2.91. The molecule has 7 heteroatoms. The van der Waals surface area contributed by atoms with Crippen molar-refractivity contribution in [3.8, 4) is 5.75 Å². The largest absolute Gasteiger partial charge is 0.496 e. The molecule has 1 fully saturated rings. The van der Waals surface area contributed by atoms with Crippen LogP contribution in [0, 0.1) is 0 Å². The number of carbonyl (C=O) groups is 1. The first-order chi connectivity index (χ1) is 10.8. The molecule has 2 N–H and O–H groups in total. The number of hydrogen-bond acceptors (Lipinski definition) is 3.